The van der Waals surface area contributed by atoms with Crippen molar-refractivity contribution in [1.29, 1.82) is 0 Å². The SMILES string of the molecule is CNc1nc(C)cc(C(=O)N2CSC[C@H]2C(=O)NCC2CC2)n1. The van der Waals surface area contributed by atoms with Crippen LogP contribution in [0.3, 0.4) is 0 Å². The molecular formula is C15H21N5O2S. The van der Waals surface area contributed by atoms with E-state index in [1.807, 2.05) is 6.92 Å². The average molecular weight is 335 g/mol. The van der Waals surface area contributed by atoms with Crippen molar-refractivity contribution >= 4 is 29.5 Å². The third-order valence-corrected chi connectivity index (χ3v) is 5.02. The fourth-order valence-corrected chi connectivity index (χ4v) is 3.64. The quantitative estimate of drug-likeness (QED) is 0.830. The molecule has 0 spiro atoms. The van der Waals surface area contributed by atoms with Gasteiger partial charge in [-0.1, -0.05) is 0 Å². The number of nitrogens with one attached hydrogen (secondary N) is 2. The number of anilines is 1. The largest absolute Gasteiger partial charge is 0.357 e. The molecule has 0 bridgehead atoms. The number of carbonyl (C=O) groups excluding carboxylic acids is 2. The lowest BCUT2D eigenvalue weighted by Gasteiger charge is -2.23. The van der Waals surface area contributed by atoms with E-state index < -0.39 is 6.04 Å². The number of aromatic nitrogens is 2. The molecule has 0 radical (unpaired) electrons. The predicted octanol–water partition coefficient (Wildman–Crippen LogP) is 0.868. The van der Waals surface area contributed by atoms with Crippen molar-refractivity contribution in [2.75, 3.05) is 30.5 Å². The molecule has 2 N–H and O–H groups in total. The van der Waals surface area contributed by atoms with Gasteiger partial charge in [0.05, 0.1) is 5.88 Å². The molecule has 3 rings (SSSR count). The van der Waals surface area contributed by atoms with Gasteiger partial charge in [-0.2, -0.15) is 0 Å². The van der Waals surface area contributed by atoms with E-state index in [-0.39, 0.29) is 11.8 Å². The van der Waals surface area contributed by atoms with E-state index in [0.29, 0.717) is 34.9 Å². The lowest BCUT2D eigenvalue weighted by atomic mass is 10.2. The molecule has 2 fully saturated rings. The Kier molecular flexibility index (Phi) is 4.70. The molecule has 23 heavy (non-hydrogen) atoms. The fraction of sp³-hybridized carbons (Fsp3) is 0.600. The first-order valence-electron chi connectivity index (χ1n) is 7.78. The molecule has 7 nitrogen and oxygen atoms in total. The minimum atomic E-state index is -0.417. The number of carbonyl (C=O) groups is 2. The van der Waals surface area contributed by atoms with E-state index in [2.05, 4.69) is 20.6 Å². The summed E-state index contributed by atoms with van der Waals surface area (Å²) >= 11 is 1.59. The molecule has 1 aromatic rings. The maximum absolute atomic E-state index is 12.7. The van der Waals surface area contributed by atoms with Crippen molar-refractivity contribution < 1.29 is 9.59 Å². The van der Waals surface area contributed by atoms with E-state index in [0.717, 1.165) is 6.54 Å². The maximum atomic E-state index is 12.7. The van der Waals surface area contributed by atoms with Crippen molar-refractivity contribution in [3.8, 4) is 0 Å². The van der Waals surface area contributed by atoms with Crippen LogP contribution in [-0.4, -0.2) is 57.9 Å². The topological polar surface area (TPSA) is 87.2 Å². The smallest absolute Gasteiger partial charge is 0.274 e. The lowest BCUT2D eigenvalue weighted by molar-refractivity contribution is -0.124. The second kappa shape index (κ2) is 6.74. The highest BCUT2D eigenvalue weighted by molar-refractivity contribution is 7.99. The minimum absolute atomic E-state index is 0.0603. The van der Waals surface area contributed by atoms with Crippen molar-refractivity contribution in [3.05, 3.63) is 17.5 Å². The lowest BCUT2D eigenvalue weighted by Crippen LogP contribution is -2.47. The van der Waals surface area contributed by atoms with Gasteiger partial charge in [0.15, 0.2) is 0 Å². The van der Waals surface area contributed by atoms with Crippen LogP contribution < -0.4 is 10.6 Å². The highest BCUT2D eigenvalue weighted by Gasteiger charge is 2.36. The summed E-state index contributed by atoms with van der Waals surface area (Å²) < 4.78 is 0. The Morgan fingerprint density at radius 3 is 2.87 bits per heavy atom. The van der Waals surface area contributed by atoms with Crippen molar-refractivity contribution in [2.24, 2.45) is 5.92 Å². The van der Waals surface area contributed by atoms with Gasteiger partial charge in [0, 0.05) is 25.0 Å². The van der Waals surface area contributed by atoms with Gasteiger partial charge in [0.1, 0.15) is 11.7 Å². The molecule has 124 valence electrons. The molecule has 1 saturated heterocycles. The predicted molar refractivity (Wildman–Crippen MR) is 89.3 cm³/mol. The Hall–Kier alpha value is -1.83. The maximum Gasteiger partial charge on any atom is 0.274 e. The van der Waals surface area contributed by atoms with Gasteiger partial charge < -0.3 is 15.5 Å². The molecule has 1 atom stereocenters. The molecule has 2 aliphatic rings. The fourth-order valence-electron chi connectivity index (χ4n) is 2.48. The van der Waals surface area contributed by atoms with Crippen LogP contribution in [0, 0.1) is 12.8 Å². The average Bonchev–Trinajstić information content (AvgIpc) is 3.25. The molecule has 1 aliphatic carbocycles. The number of rotatable bonds is 5. The molecule has 1 saturated carbocycles. The number of nitrogens with zero attached hydrogens (tertiary/aromatic N) is 3. The molecule has 2 amide bonds. The van der Waals surface area contributed by atoms with E-state index in [1.165, 1.54) is 12.8 Å². The molecule has 8 heteroatoms. The zero-order valence-corrected chi connectivity index (χ0v) is 14.2. The number of hydrogen-bond donors (Lipinski definition) is 2. The van der Waals surface area contributed by atoms with Crippen molar-refractivity contribution in [2.45, 2.75) is 25.8 Å². The Labute approximate surface area is 139 Å². The number of hydrogen-bond acceptors (Lipinski definition) is 6. The molecular weight excluding hydrogens is 314 g/mol. The van der Waals surface area contributed by atoms with Crippen LogP contribution in [0.15, 0.2) is 6.07 Å². The summed E-state index contributed by atoms with van der Waals surface area (Å²) in [5, 5.41) is 5.82. The zero-order chi connectivity index (χ0) is 16.4. The summed E-state index contributed by atoms with van der Waals surface area (Å²) in [5.74, 6) is 1.90. The van der Waals surface area contributed by atoms with Gasteiger partial charge >= 0.3 is 0 Å². The molecule has 0 unspecified atom stereocenters. The van der Waals surface area contributed by atoms with Gasteiger partial charge in [-0.3, -0.25) is 9.59 Å². The second-order valence-corrected chi connectivity index (χ2v) is 6.95. The molecule has 1 aliphatic heterocycles. The molecule has 2 heterocycles. The number of aryl methyl sites for hydroxylation is 1. The van der Waals surface area contributed by atoms with Crippen LogP contribution in [0.2, 0.25) is 0 Å². The Morgan fingerprint density at radius 1 is 1.39 bits per heavy atom. The Balaban J connectivity index is 1.72. The molecule has 1 aromatic heterocycles. The van der Waals surface area contributed by atoms with Gasteiger partial charge in [-0.15, -0.1) is 11.8 Å². The van der Waals surface area contributed by atoms with E-state index in [4.69, 9.17) is 0 Å². The van der Waals surface area contributed by atoms with Crippen molar-refractivity contribution in [1.82, 2.24) is 20.2 Å². The summed E-state index contributed by atoms with van der Waals surface area (Å²) in [6.45, 7) is 2.54. The van der Waals surface area contributed by atoms with E-state index >= 15 is 0 Å². The zero-order valence-electron chi connectivity index (χ0n) is 13.3. The standard InChI is InChI=1S/C15H21N5O2S/c1-9-5-11(19-15(16-2)18-9)14(22)20-8-23-7-12(20)13(21)17-6-10-3-4-10/h5,10,12H,3-4,6-8H2,1-2H3,(H,17,21)(H,16,18,19)/t12-/m0/s1. The van der Waals surface area contributed by atoms with Gasteiger partial charge in [0.2, 0.25) is 11.9 Å². The highest BCUT2D eigenvalue weighted by atomic mass is 32.2. The Morgan fingerprint density at radius 2 is 2.17 bits per heavy atom. The van der Waals surface area contributed by atoms with Crippen LogP contribution in [0.4, 0.5) is 5.95 Å². The third-order valence-electron chi connectivity index (χ3n) is 4.00. The van der Waals surface area contributed by atoms with E-state index in [1.54, 1.807) is 29.8 Å². The van der Waals surface area contributed by atoms with Crippen molar-refractivity contribution in [3.63, 3.8) is 0 Å². The molecule has 0 aromatic carbocycles. The van der Waals surface area contributed by atoms with Gasteiger partial charge in [-0.05, 0) is 31.7 Å². The number of thioether (sulfide) groups is 1. The highest BCUT2D eigenvalue weighted by Crippen LogP contribution is 2.28. The minimum Gasteiger partial charge on any atom is -0.357 e. The summed E-state index contributed by atoms with van der Waals surface area (Å²) in [6.07, 6.45) is 2.38. The van der Waals surface area contributed by atoms with Crippen LogP contribution in [0.1, 0.15) is 29.0 Å². The monoisotopic (exact) mass is 335 g/mol. The first kappa shape index (κ1) is 16.0. The first-order chi connectivity index (χ1) is 11.1. The summed E-state index contributed by atoms with van der Waals surface area (Å²) in [5.41, 5.74) is 1.04. The van der Waals surface area contributed by atoms with Crippen LogP contribution >= 0.6 is 11.8 Å². The third kappa shape index (κ3) is 3.74. The first-order valence-corrected chi connectivity index (χ1v) is 8.94. The van der Waals surface area contributed by atoms with Crippen LogP contribution in [0.25, 0.3) is 0 Å². The van der Waals surface area contributed by atoms with Gasteiger partial charge in [0.25, 0.3) is 5.91 Å². The normalized spacial score (nSPS) is 20.4. The summed E-state index contributed by atoms with van der Waals surface area (Å²) in [6, 6.07) is 1.24. The van der Waals surface area contributed by atoms with E-state index in [9.17, 15) is 9.59 Å². The Bertz CT molecular complexity index is 620. The number of amides is 2. The van der Waals surface area contributed by atoms with Crippen LogP contribution in [0.5, 0.6) is 0 Å². The second-order valence-electron chi connectivity index (χ2n) is 5.95. The van der Waals surface area contributed by atoms with Crippen LogP contribution in [-0.2, 0) is 4.79 Å². The summed E-state index contributed by atoms with van der Waals surface area (Å²) in [7, 11) is 1.71. The summed E-state index contributed by atoms with van der Waals surface area (Å²) in [4.78, 5) is 35.1. The van der Waals surface area contributed by atoms with Gasteiger partial charge in [-0.25, -0.2) is 9.97 Å².